The lowest BCUT2D eigenvalue weighted by molar-refractivity contribution is -0.186. The average molecular weight is 510 g/mol. The molecule has 0 aliphatic carbocycles. The molecule has 0 N–H and O–H groups in total. The van der Waals surface area contributed by atoms with Crippen molar-refractivity contribution in [3.05, 3.63) is 48.8 Å². The van der Waals surface area contributed by atoms with Crippen molar-refractivity contribution >= 4 is 39.5 Å². The topological polar surface area (TPSA) is 135 Å². The zero-order valence-electron chi connectivity index (χ0n) is 18.6. The minimum atomic E-state index is -3.85. The summed E-state index contributed by atoms with van der Waals surface area (Å²) in [5.74, 6) is -1.65. The highest BCUT2D eigenvalue weighted by Gasteiger charge is 2.47. The van der Waals surface area contributed by atoms with Crippen LogP contribution in [0, 0.1) is 0 Å². The van der Waals surface area contributed by atoms with Gasteiger partial charge in [0.1, 0.15) is 5.75 Å². The average Bonchev–Trinajstić information content (AvgIpc) is 2.77. The summed E-state index contributed by atoms with van der Waals surface area (Å²) in [6.45, 7) is 3.56. The number of thioether (sulfide) groups is 1. The van der Waals surface area contributed by atoms with Gasteiger partial charge in [-0.3, -0.25) is 19.4 Å². The van der Waals surface area contributed by atoms with Crippen molar-refractivity contribution in [2.24, 2.45) is 0 Å². The Labute approximate surface area is 200 Å². The number of carbonyl (C=O) groups is 3. The van der Waals surface area contributed by atoms with Gasteiger partial charge in [-0.05, 0) is 12.1 Å². The number of benzene rings is 1. The lowest BCUT2D eigenvalue weighted by atomic mass is 10.1. The molecular weight excluding hydrogens is 486 g/mol. The van der Waals surface area contributed by atoms with E-state index in [0.29, 0.717) is 0 Å². The van der Waals surface area contributed by atoms with Crippen LogP contribution in [-0.2, 0) is 38.4 Å². The summed E-state index contributed by atoms with van der Waals surface area (Å²) >= 11 is 1.15. The van der Waals surface area contributed by atoms with Crippen molar-refractivity contribution < 1.29 is 41.7 Å². The van der Waals surface area contributed by atoms with E-state index < -0.39 is 51.5 Å². The van der Waals surface area contributed by atoms with Crippen molar-refractivity contribution in [3.8, 4) is 5.75 Å². The molecule has 4 atom stereocenters. The summed E-state index contributed by atoms with van der Waals surface area (Å²) in [7, 11) is -3.85. The Morgan fingerprint density at radius 3 is 2.12 bits per heavy atom. The summed E-state index contributed by atoms with van der Waals surface area (Å²) in [6, 6.07) is 9.16. The number of sulfone groups is 1. The molecule has 1 aliphatic heterocycles. The van der Waals surface area contributed by atoms with Crippen LogP contribution in [0.5, 0.6) is 5.75 Å². The van der Waals surface area contributed by atoms with Crippen molar-refractivity contribution in [1.82, 2.24) is 4.98 Å². The van der Waals surface area contributed by atoms with Gasteiger partial charge < -0.3 is 18.9 Å². The van der Waals surface area contributed by atoms with E-state index in [2.05, 4.69) is 4.98 Å². The van der Waals surface area contributed by atoms with Crippen LogP contribution in [0.25, 0.3) is 0 Å². The molecule has 2 heterocycles. The van der Waals surface area contributed by atoms with Gasteiger partial charge in [-0.15, -0.1) is 11.8 Å². The summed E-state index contributed by atoms with van der Waals surface area (Å²) < 4.78 is 47.7. The fraction of sp³-hybridized carbons (Fsp3) is 0.364. The van der Waals surface area contributed by atoms with E-state index in [9.17, 15) is 22.8 Å². The molecule has 1 saturated heterocycles. The van der Waals surface area contributed by atoms with Gasteiger partial charge in [-0.2, -0.15) is 0 Å². The Morgan fingerprint density at radius 2 is 1.50 bits per heavy atom. The Bertz CT molecular complexity index is 1150. The van der Waals surface area contributed by atoms with Crippen LogP contribution in [0.1, 0.15) is 20.8 Å². The van der Waals surface area contributed by atoms with Gasteiger partial charge in [0.2, 0.25) is 9.84 Å². The second-order valence-corrected chi connectivity index (χ2v) is 10.4. The second kappa shape index (κ2) is 10.9. The smallest absolute Gasteiger partial charge is 0.303 e. The molecular formula is C22H23NO9S2. The molecule has 34 heavy (non-hydrogen) atoms. The molecule has 2 aromatic rings. The first-order valence-corrected chi connectivity index (χ1v) is 12.7. The number of carbonyl (C=O) groups excluding carboxylic acids is 3. The van der Waals surface area contributed by atoms with Crippen LogP contribution in [-0.4, -0.2) is 60.8 Å². The van der Waals surface area contributed by atoms with Gasteiger partial charge in [0, 0.05) is 38.8 Å². The minimum Gasteiger partial charge on any atom is -0.474 e. The Morgan fingerprint density at radius 1 is 0.882 bits per heavy atom. The van der Waals surface area contributed by atoms with Gasteiger partial charge in [-0.1, -0.05) is 18.2 Å². The highest BCUT2D eigenvalue weighted by molar-refractivity contribution is 7.99. The normalized spacial score (nSPS) is 22.3. The van der Waals surface area contributed by atoms with E-state index in [-0.39, 0.29) is 21.3 Å². The van der Waals surface area contributed by atoms with Gasteiger partial charge >= 0.3 is 17.9 Å². The molecule has 0 saturated carbocycles. The largest absolute Gasteiger partial charge is 0.474 e. The summed E-state index contributed by atoms with van der Waals surface area (Å²) in [5.41, 5.74) is -0.906. The predicted molar refractivity (Wildman–Crippen MR) is 120 cm³/mol. The van der Waals surface area contributed by atoms with Crippen LogP contribution in [0.4, 0.5) is 0 Å². The predicted octanol–water partition coefficient (Wildman–Crippen LogP) is 2.16. The molecule has 1 aromatic carbocycles. The number of hydrogen-bond donors (Lipinski definition) is 0. The minimum absolute atomic E-state index is 0.0876. The van der Waals surface area contributed by atoms with Gasteiger partial charge in [0.05, 0.1) is 16.0 Å². The molecule has 1 fully saturated rings. The number of rotatable bonds is 7. The zero-order valence-corrected chi connectivity index (χ0v) is 20.2. The maximum atomic E-state index is 12.9. The van der Waals surface area contributed by atoms with Crippen molar-refractivity contribution in [1.29, 1.82) is 0 Å². The zero-order chi connectivity index (χ0) is 24.9. The third kappa shape index (κ3) is 6.26. The standard InChI is InChI=1S/C22H23NO9S2/c1-13(24)29-19-12-33-22(21(31-15(3)26)20(19)30-14(2)25)32-16-9-18(11-23-10-16)34(27,28)17-7-5-4-6-8-17/h4-11,19-22H,12H2,1-3H3/t19-,20+,21-,22+/m1/s1. The van der Waals surface area contributed by atoms with E-state index in [1.165, 1.54) is 51.4 Å². The van der Waals surface area contributed by atoms with E-state index in [0.717, 1.165) is 11.8 Å². The first-order valence-electron chi connectivity index (χ1n) is 10.1. The second-order valence-electron chi connectivity index (χ2n) is 7.29. The first kappa shape index (κ1) is 25.5. The van der Waals surface area contributed by atoms with Crippen LogP contribution >= 0.6 is 11.8 Å². The number of pyridine rings is 1. The third-order valence-corrected chi connectivity index (χ3v) is 7.56. The van der Waals surface area contributed by atoms with E-state index >= 15 is 0 Å². The van der Waals surface area contributed by atoms with Gasteiger partial charge in [0.15, 0.2) is 23.7 Å². The fourth-order valence-corrected chi connectivity index (χ4v) is 5.77. The van der Waals surface area contributed by atoms with E-state index in [4.69, 9.17) is 18.9 Å². The molecule has 0 bridgehead atoms. The summed E-state index contributed by atoms with van der Waals surface area (Å²) in [4.78, 5) is 39.0. The van der Waals surface area contributed by atoms with Crippen LogP contribution in [0.3, 0.4) is 0 Å². The highest BCUT2D eigenvalue weighted by Crippen LogP contribution is 2.35. The maximum Gasteiger partial charge on any atom is 0.303 e. The number of aromatic nitrogens is 1. The van der Waals surface area contributed by atoms with Crippen LogP contribution < -0.4 is 4.74 Å². The molecule has 1 aliphatic rings. The lowest BCUT2D eigenvalue weighted by Gasteiger charge is -2.39. The van der Waals surface area contributed by atoms with Crippen LogP contribution in [0.2, 0.25) is 0 Å². The number of hydrogen-bond acceptors (Lipinski definition) is 11. The van der Waals surface area contributed by atoms with Crippen molar-refractivity contribution in [3.63, 3.8) is 0 Å². The number of ether oxygens (including phenoxy) is 4. The number of nitrogens with zero attached hydrogens (tertiary/aromatic N) is 1. The molecule has 0 radical (unpaired) electrons. The molecule has 3 rings (SSSR count). The lowest BCUT2D eigenvalue weighted by Crippen LogP contribution is -2.55. The SMILES string of the molecule is CC(=O)O[C@@H]1[C@@H](OC(C)=O)[C@@H](Oc2cncc(S(=O)(=O)c3ccccc3)c2)SC[C@H]1OC(C)=O. The van der Waals surface area contributed by atoms with Crippen LogP contribution in [0.15, 0.2) is 58.6 Å². The molecule has 1 aromatic heterocycles. The quantitative estimate of drug-likeness (QED) is 0.401. The van der Waals surface area contributed by atoms with E-state index in [1.54, 1.807) is 18.2 Å². The van der Waals surface area contributed by atoms with Crippen molar-refractivity contribution in [2.45, 2.75) is 54.3 Å². The Hall–Kier alpha value is -3.12. The molecule has 182 valence electrons. The Balaban J connectivity index is 1.90. The number of esters is 3. The molecule has 0 unspecified atom stereocenters. The summed E-state index contributed by atoms with van der Waals surface area (Å²) in [6.07, 6.45) is -0.627. The summed E-state index contributed by atoms with van der Waals surface area (Å²) in [5, 5.41) is 0. The monoisotopic (exact) mass is 509 g/mol. The molecule has 0 spiro atoms. The maximum absolute atomic E-state index is 12.9. The van der Waals surface area contributed by atoms with Gasteiger partial charge in [-0.25, -0.2) is 8.42 Å². The van der Waals surface area contributed by atoms with Crippen molar-refractivity contribution in [2.75, 3.05) is 5.75 Å². The molecule has 10 nitrogen and oxygen atoms in total. The fourth-order valence-electron chi connectivity index (χ4n) is 3.29. The van der Waals surface area contributed by atoms with Gasteiger partial charge in [0.25, 0.3) is 0 Å². The molecule has 0 amide bonds. The molecule has 12 heteroatoms. The van der Waals surface area contributed by atoms with E-state index in [1.807, 2.05) is 0 Å². The highest BCUT2D eigenvalue weighted by atomic mass is 32.2. The third-order valence-electron chi connectivity index (χ3n) is 4.61. The first-order chi connectivity index (χ1) is 16.1. The Kier molecular flexibility index (Phi) is 8.15.